The Kier molecular flexibility index (Phi) is 6.30. The van der Waals surface area contributed by atoms with Crippen molar-refractivity contribution in [2.24, 2.45) is 0 Å². The highest BCUT2D eigenvalue weighted by Crippen LogP contribution is 2.36. The second-order valence-electron chi connectivity index (χ2n) is 6.42. The number of likely N-dealkylation sites (N-methyl/N-ethyl adjacent to an activating group) is 1. The van der Waals surface area contributed by atoms with Crippen LogP contribution < -0.4 is 15.4 Å². The highest BCUT2D eigenvalue weighted by atomic mass is 32.1. The van der Waals surface area contributed by atoms with Gasteiger partial charge >= 0.3 is 0 Å². The Balaban J connectivity index is 1.67. The number of thiophene rings is 1. The van der Waals surface area contributed by atoms with Crippen LogP contribution in [0.25, 0.3) is 10.4 Å². The summed E-state index contributed by atoms with van der Waals surface area (Å²) in [6.07, 6.45) is 1.41. The first-order valence-electron chi connectivity index (χ1n) is 9.07. The second kappa shape index (κ2) is 8.88. The van der Waals surface area contributed by atoms with E-state index in [-0.39, 0.29) is 24.3 Å². The van der Waals surface area contributed by atoms with Gasteiger partial charge in [-0.05, 0) is 24.5 Å². The summed E-state index contributed by atoms with van der Waals surface area (Å²) < 4.78 is 5.34. The minimum atomic E-state index is -0.463. The summed E-state index contributed by atoms with van der Waals surface area (Å²) in [5.41, 5.74) is 0.992. The zero-order valence-corrected chi connectivity index (χ0v) is 16.7. The molecule has 1 unspecified atom stereocenters. The SMILES string of the molecule is CNC(=O)C1CCCN1C(=O)CNC(=O)c1sc(-c2ccccc2)cc1OC. The molecule has 1 aromatic carbocycles. The summed E-state index contributed by atoms with van der Waals surface area (Å²) in [6.45, 7) is 0.362. The Bertz CT molecular complexity index is 866. The standard InChI is InChI=1S/C20H23N3O4S/c1-21-19(25)14-9-6-10-23(14)17(24)12-22-20(26)18-15(27-2)11-16(28-18)13-7-4-3-5-8-13/h3-5,7-8,11,14H,6,9-10,12H2,1-2H3,(H,21,25)(H,22,26). The summed E-state index contributed by atoms with van der Waals surface area (Å²) in [4.78, 5) is 39.9. The number of amides is 3. The Labute approximate surface area is 167 Å². The van der Waals surface area contributed by atoms with Gasteiger partial charge in [0, 0.05) is 18.5 Å². The lowest BCUT2D eigenvalue weighted by atomic mass is 10.2. The Morgan fingerprint density at radius 1 is 1.25 bits per heavy atom. The molecule has 3 amide bonds. The van der Waals surface area contributed by atoms with Crippen molar-refractivity contribution in [3.63, 3.8) is 0 Å². The number of nitrogens with zero attached hydrogens (tertiary/aromatic N) is 1. The molecule has 0 spiro atoms. The monoisotopic (exact) mass is 401 g/mol. The van der Waals surface area contributed by atoms with Crippen molar-refractivity contribution in [3.8, 4) is 16.2 Å². The van der Waals surface area contributed by atoms with E-state index < -0.39 is 6.04 Å². The molecule has 1 aromatic heterocycles. The molecular weight excluding hydrogens is 378 g/mol. The number of hydrogen-bond acceptors (Lipinski definition) is 5. The van der Waals surface area contributed by atoms with E-state index in [0.717, 1.165) is 16.9 Å². The van der Waals surface area contributed by atoms with Crippen molar-refractivity contribution in [1.82, 2.24) is 15.5 Å². The number of carbonyl (C=O) groups excluding carboxylic acids is 3. The van der Waals surface area contributed by atoms with Gasteiger partial charge in [0.2, 0.25) is 11.8 Å². The maximum absolute atomic E-state index is 12.6. The minimum Gasteiger partial charge on any atom is -0.495 e. The van der Waals surface area contributed by atoms with Crippen molar-refractivity contribution < 1.29 is 19.1 Å². The normalized spacial score (nSPS) is 15.9. The Morgan fingerprint density at radius 2 is 2.00 bits per heavy atom. The first-order chi connectivity index (χ1) is 13.5. The fraction of sp³-hybridized carbons (Fsp3) is 0.350. The summed E-state index contributed by atoms with van der Waals surface area (Å²) in [6, 6.07) is 11.1. The number of methoxy groups -OCH3 is 1. The molecule has 0 saturated carbocycles. The second-order valence-corrected chi connectivity index (χ2v) is 7.47. The van der Waals surface area contributed by atoms with Crippen LogP contribution >= 0.6 is 11.3 Å². The first kappa shape index (κ1) is 19.9. The van der Waals surface area contributed by atoms with Crippen molar-refractivity contribution in [2.45, 2.75) is 18.9 Å². The van der Waals surface area contributed by atoms with Crippen LogP contribution in [0.4, 0.5) is 0 Å². The van der Waals surface area contributed by atoms with Gasteiger partial charge in [0.25, 0.3) is 5.91 Å². The largest absolute Gasteiger partial charge is 0.495 e. The summed E-state index contributed by atoms with van der Waals surface area (Å²) >= 11 is 1.31. The third-order valence-corrected chi connectivity index (χ3v) is 5.87. The van der Waals surface area contributed by atoms with E-state index in [0.29, 0.717) is 23.6 Å². The van der Waals surface area contributed by atoms with Gasteiger partial charge < -0.3 is 20.3 Å². The molecule has 2 aromatic rings. The molecule has 28 heavy (non-hydrogen) atoms. The number of carbonyl (C=O) groups is 3. The molecule has 8 heteroatoms. The summed E-state index contributed by atoms with van der Waals surface area (Å²) in [7, 11) is 3.06. The van der Waals surface area contributed by atoms with E-state index in [1.807, 2.05) is 36.4 Å². The lowest BCUT2D eigenvalue weighted by Gasteiger charge is -2.23. The van der Waals surface area contributed by atoms with Crippen LogP contribution in [0.3, 0.4) is 0 Å². The predicted molar refractivity (Wildman–Crippen MR) is 107 cm³/mol. The molecule has 0 radical (unpaired) electrons. The molecule has 1 fully saturated rings. The fourth-order valence-electron chi connectivity index (χ4n) is 3.27. The molecule has 3 rings (SSSR count). The molecule has 0 bridgehead atoms. The molecule has 1 saturated heterocycles. The average Bonchev–Trinajstić information content (AvgIpc) is 3.39. The van der Waals surface area contributed by atoms with Gasteiger partial charge in [-0.15, -0.1) is 11.3 Å². The molecular formula is C20H23N3O4S. The first-order valence-corrected chi connectivity index (χ1v) is 9.89. The van der Waals surface area contributed by atoms with Gasteiger partial charge in [-0.25, -0.2) is 0 Å². The molecule has 148 valence electrons. The minimum absolute atomic E-state index is 0.159. The van der Waals surface area contributed by atoms with E-state index in [4.69, 9.17) is 4.74 Å². The topological polar surface area (TPSA) is 87.7 Å². The van der Waals surface area contributed by atoms with E-state index in [1.54, 1.807) is 7.05 Å². The number of ether oxygens (including phenoxy) is 1. The molecule has 1 aliphatic rings. The highest BCUT2D eigenvalue weighted by Gasteiger charge is 2.33. The number of nitrogens with one attached hydrogen (secondary N) is 2. The van der Waals surface area contributed by atoms with E-state index in [1.165, 1.54) is 23.3 Å². The van der Waals surface area contributed by atoms with Crippen molar-refractivity contribution >= 4 is 29.1 Å². The Hall–Kier alpha value is -2.87. The zero-order chi connectivity index (χ0) is 20.1. The van der Waals surface area contributed by atoms with Crippen LogP contribution in [0.15, 0.2) is 36.4 Å². The molecule has 0 aliphatic carbocycles. The maximum Gasteiger partial charge on any atom is 0.265 e. The van der Waals surface area contributed by atoms with Crippen molar-refractivity contribution in [1.29, 1.82) is 0 Å². The third kappa shape index (κ3) is 4.17. The van der Waals surface area contributed by atoms with Gasteiger partial charge in [0.1, 0.15) is 16.7 Å². The van der Waals surface area contributed by atoms with E-state index in [9.17, 15) is 14.4 Å². The van der Waals surface area contributed by atoms with Crippen LogP contribution in [0, 0.1) is 0 Å². The van der Waals surface area contributed by atoms with Crippen LogP contribution in [0.2, 0.25) is 0 Å². The number of likely N-dealkylation sites (tertiary alicyclic amines) is 1. The fourth-order valence-corrected chi connectivity index (χ4v) is 4.32. The quantitative estimate of drug-likeness (QED) is 0.774. The van der Waals surface area contributed by atoms with Gasteiger partial charge in [0.05, 0.1) is 13.7 Å². The maximum atomic E-state index is 12.6. The number of hydrogen-bond donors (Lipinski definition) is 2. The number of benzene rings is 1. The van der Waals surface area contributed by atoms with Crippen molar-refractivity contribution in [2.75, 3.05) is 27.2 Å². The van der Waals surface area contributed by atoms with Crippen molar-refractivity contribution in [3.05, 3.63) is 41.3 Å². The molecule has 7 nitrogen and oxygen atoms in total. The van der Waals surface area contributed by atoms with Crippen LogP contribution in [-0.4, -0.2) is 55.9 Å². The van der Waals surface area contributed by atoms with Gasteiger partial charge in [-0.1, -0.05) is 30.3 Å². The molecule has 1 aliphatic heterocycles. The average molecular weight is 401 g/mol. The van der Waals surface area contributed by atoms with Gasteiger partial charge in [-0.3, -0.25) is 14.4 Å². The predicted octanol–water partition coefficient (Wildman–Crippen LogP) is 1.89. The van der Waals surface area contributed by atoms with E-state index in [2.05, 4.69) is 10.6 Å². The summed E-state index contributed by atoms with van der Waals surface area (Å²) in [5, 5.41) is 5.24. The van der Waals surface area contributed by atoms with Gasteiger partial charge in [0.15, 0.2) is 0 Å². The molecule has 2 N–H and O–H groups in total. The summed E-state index contributed by atoms with van der Waals surface area (Å²) in [5.74, 6) is -0.339. The third-order valence-electron chi connectivity index (χ3n) is 4.70. The zero-order valence-electron chi connectivity index (χ0n) is 15.9. The smallest absolute Gasteiger partial charge is 0.265 e. The molecule has 2 heterocycles. The van der Waals surface area contributed by atoms with Crippen LogP contribution in [0.1, 0.15) is 22.5 Å². The number of rotatable bonds is 6. The van der Waals surface area contributed by atoms with E-state index >= 15 is 0 Å². The van der Waals surface area contributed by atoms with Gasteiger partial charge in [-0.2, -0.15) is 0 Å². The lowest BCUT2D eigenvalue weighted by molar-refractivity contribution is -0.137. The van der Waals surface area contributed by atoms with Crippen LogP contribution in [0.5, 0.6) is 5.75 Å². The molecule has 1 atom stereocenters. The highest BCUT2D eigenvalue weighted by molar-refractivity contribution is 7.17. The Morgan fingerprint density at radius 3 is 2.68 bits per heavy atom. The lowest BCUT2D eigenvalue weighted by Crippen LogP contribution is -2.48. The van der Waals surface area contributed by atoms with Crippen LogP contribution in [-0.2, 0) is 9.59 Å².